The molecule has 4 heteroatoms. The van der Waals surface area contributed by atoms with Crippen molar-refractivity contribution < 1.29 is 19.8 Å². The first-order valence-electron chi connectivity index (χ1n) is 6.84. The first-order chi connectivity index (χ1) is 9.02. The Bertz CT molecular complexity index is 382. The molecule has 0 aromatic rings. The van der Waals surface area contributed by atoms with Crippen LogP contribution in [0, 0.1) is 5.92 Å². The molecular weight excluding hydrogens is 244 g/mol. The fraction of sp³-hybridized carbons (Fsp3) is 0.600. The number of carboxylic acids is 1. The SMILES string of the molecule is CCCC(C/C=C\C1=CC(O)CC1=O)CCC(=O)O. The molecule has 2 N–H and O–H groups in total. The second-order valence-electron chi connectivity index (χ2n) is 5.04. The average Bonchev–Trinajstić information content (AvgIpc) is 2.65. The molecule has 0 radical (unpaired) electrons. The summed E-state index contributed by atoms with van der Waals surface area (Å²) in [5.74, 6) is -0.442. The zero-order valence-electron chi connectivity index (χ0n) is 11.3. The maximum Gasteiger partial charge on any atom is 0.303 e. The number of aliphatic hydroxyl groups is 1. The van der Waals surface area contributed by atoms with Crippen molar-refractivity contribution in [2.75, 3.05) is 0 Å². The van der Waals surface area contributed by atoms with E-state index in [0.717, 1.165) is 19.3 Å². The van der Waals surface area contributed by atoms with Gasteiger partial charge in [0.2, 0.25) is 0 Å². The van der Waals surface area contributed by atoms with Crippen LogP contribution in [0.15, 0.2) is 23.8 Å². The molecule has 0 heterocycles. The molecule has 0 bridgehead atoms. The summed E-state index contributed by atoms with van der Waals surface area (Å²) in [4.78, 5) is 22.0. The summed E-state index contributed by atoms with van der Waals surface area (Å²) in [5.41, 5.74) is 0.570. The molecule has 0 aliphatic heterocycles. The third kappa shape index (κ3) is 5.83. The van der Waals surface area contributed by atoms with Crippen LogP contribution in [0.5, 0.6) is 0 Å². The van der Waals surface area contributed by atoms with Gasteiger partial charge in [-0.25, -0.2) is 0 Å². The normalized spacial score (nSPS) is 20.8. The number of carboxylic acid groups (broad SMARTS) is 1. The van der Waals surface area contributed by atoms with E-state index in [4.69, 9.17) is 5.11 Å². The summed E-state index contributed by atoms with van der Waals surface area (Å²) < 4.78 is 0. The number of allylic oxidation sites excluding steroid dienone is 3. The lowest BCUT2D eigenvalue weighted by molar-refractivity contribution is -0.137. The third-order valence-electron chi connectivity index (χ3n) is 3.32. The van der Waals surface area contributed by atoms with Gasteiger partial charge in [-0.15, -0.1) is 0 Å². The zero-order chi connectivity index (χ0) is 14.3. The number of ketones is 1. The Labute approximate surface area is 113 Å². The molecular formula is C15H22O4. The predicted octanol–water partition coefficient (Wildman–Crippen LogP) is 2.47. The molecule has 4 nitrogen and oxygen atoms in total. The second-order valence-corrected chi connectivity index (χ2v) is 5.04. The summed E-state index contributed by atoms with van der Waals surface area (Å²) in [6, 6.07) is 0. The molecule has 0 amide bonds. The molecule has 1 rings (SSSR count). The molecule has 2 atom stereocenters. The van der Waals surface area contributed by atoms with Crippen molar-refractivity contribution in [3.8, 4) is 0 Å². The van der Waals surface area contributed by atoms with Crippen molar-refractivity contribution in [3.05, 3.63) is 23.8 Å². The Hall–Kier alpha value is -1.42. The van der Waals surface area contributed by atoms with E-state index in [1.54, 1.807) is 12.2 Å². The van der Waals surface area contributed by atoms with Gasteiger partial charge < -0.3 is 10.2 Å². The van der Waals surface area contributed by atoms with Gasteiger partial charge in [-0.3, -0.25) is 9.59 Å². The van der Waals surface area contributed by atoms with Crippen molar-refractivity contribution in [1.29, 1.82) is 0 Å². The lowest BCUT2D eigenvalue weighted by Gasteiger charge is -2.12. The molecule has 0 fully saturated rings. The first-order valence-corrected chi connectivity index (χ1v) is 6.84. The molecule has 2 unspecified atom stereocenters. The topological polar surface area (TPSA) is 74.6 Å². The minimum atomic E-state index is -0.762. The van der Waals surface area contributed by atoms with Crippen molar-refractivity contribution in [2.24, 2.45) is 5.92 Å². The molecule has 0 saturated heterocycles. The van der Waals surface area contributed by atoms with Crippen LogP contribution in [-0.2, 0) is 9.59 Å². The van der Waals surface area contributed by atoms with Gasteiger partial charge in [0.25, 0.3) is 0 Å². The fourth-order valence-electron chi connectivity index (χ4n) is 2.32. The quantitative estimate of drug-likeness (QED) is 0.707. The molecule has 0 spiro atoms. The maximum atomic E-state index is 11.4. The zero-order valence-corrected chi connectivity index (χ0v) is 11.3. The predicted molar refractivity (Wildman–Crippen MR) is 72.7 cm³/mol. The van der Waals surface area contributed by atoms with Gasteiger partial charge in [0.05, 0.1) is 6.10 Å². The monoisotopic (exact) mass is 266 g/mol. The van der Waals surface area contributed by atoms with Gasteiger partial charge in [0, 0.05) is 18.4 Å². The van der Waals surface area contributed by atoms with Crippen LogP contribution in [0.2, 0.25) is 0 Å². The fourth-order valence-corrected chi connectivity index (χ4v) is 2.32. The number of rotatable bonds is 8. The standard InChI is InChI=1S/C15H22O4/c1-2-4-11(7-8-15(18)19)5-3-6-12-9-13(16)10-14(12)17/h3,6,9,11,13,16H,2,4-5,7-8,10H2,1H3,(H,18,19)/b6-3-. The molecule has 19 heavy (non-hydrogen) atoms. The molecule has 0 aromatic heterocycles. The van der Waals surface area contributed by atoms with Crippen LogP contribution >= 0.6 is 0 Å². The summed E-state index contributed by atoms with van der Waals surface area (Å²) in [6.07, 6.45) is 8.44. The summed E-state index contributed by atoms with van der Waals surface area (Å²) in [5, 5.41) is 18.0. The van der Waals surface area contributed by atoms with E-state index >= 15 is 0 Å². The number of hydrogen-bond acceptors (Lipinski definition) is 3. The number of Topliss-reactive ketones (excluding diaryl/α,β-unsaturated/α-hetero) is 1. The average molecular weight is 266 g/mol. The lowest BCUT2D eigenvalue weighted by atomic mass is 9.94. The Balaban J connectivity index is 2.44. The second kappa shape index (κ2) is 7.89. The van der Waals surface area contributed by atoms with Crippen LogP contribution in [0.25, 0.3) is 0 Å². The van der Waals surface area contributed by atoms with E-state index in [-0.39, 0.29) is 18.6 Å². The Kier molecular flexibility index (Phi) is 6.50. The minimum absolute atomic E-state index is 0.0265. The van der Waals surface area contributed by atoms with Gasteiger partial charge in [0.1, 0.15) is 0 Å². The van der Waals surface area contributed by atoms with Gasteiger partial charge >= 0.3 is 5.97 Å². The van der Waals surface area contributed by atoms with E-state index in [0.29, 0.717) is 17.9 Å². The largest absolute Gasteiger partial charge is 0.481 e. The number of aliphatic carboxylic acids is 1. The highest BCUT2D eigenvalue weighted by molar-refractivity contribution is 6.00. The Morgan fingerprint density at radius 1 is 1.53 bits per heavy atom. The van der Waals surface area contributed by atoms with Crippen molar-refractivity contribution >= 4 is 11.8 Å². The molecule has 0 saturated carbocycles. The summed E-state index contributed by atoms with van der Waals surface area (Å²) in [6.45, 7) is 2.08. The highest BCUT2D eigenvalue weighted by atomic mass is 16.4. The number of carbonyl (C=O) groups excluding carboxylic acids is 1. The number of aliphatic hydroxyl groups excluding tert-OH is 1. The van der Waals surface area contributed by atoms with E-state index in [1.165, 1.54) is 0 Å². The highest BCUT2D eigenvalue weighted by Gasteiger charge is 2.19. The first kappa shape index (κ1) is 15.6. The Morgan fingerprint density at radius 3 is 2.79 bits per heavy atom. The lowest BCUT2D eigenvalue weighted by Crippen LogP contribution is -2.04. The number of hydrogen-bond donors (Lipinski definition) is 2. The smallest absolute Gasteiger partial charge is 0.303 e. The molecule has 0 aromatic carbocycles. The van der Waals surface area contributed by atoms with Gasteiger partial charge in [0.15, 0.2) is 5.78 Å². The van der Waals surface area contributed by atoms with Gasteiger partial charge in [-0.1, -0.05) is 31.9 Å². The van der Waals surface area contributed by atoms with E-state index in [2.05, 4.69) is 6.92 Å². The van der Waals surface area contributed by atoms with E-state index in [1.807, 2.05) is 6.08 Å². The number of carbonyl (C=O) groups is 2. The van der Waals surface area contributed by atoms with Gasteiger partial charge in [-0.2, -0.15) is 0 Å². The summed E-state index contributed by atoms with van der Waals surface area (Å²) >= 11 is 0. The van der Waals surface area contributed by atoms with Crippen molar-refractivity contribution in [2.45, 2.75) is 51.6 Å². The van der Waals surface area contributed by atoms with Crippen molar-refractivity contribution in [1.82, 2.24) is 0 Å². The van der Waals surface area contributed by atoms with Crippen LogP contribution < -0.4 is 0 Å². The van der Waals surface area contributed by atoms with Gasteiger partial charge in [-0.05, 0) is 24.8 Å². The molecule has 106 valence electrons. The van der Waals surface area contributed by atoms with Crippen LogP contribution in [0.4, 0.5) is 0 Å². The van der Waals surface area contributed by atoms with E-state index < -0.39 is 12.1 Å². The van der Waals surface area contributed by atoms with Crippen LogP contribution in [0.1, 0.15) is 45.4 Å². The Morgan fingerprint density at radius 2 is 2.26 bits per heavy atom. The summed E-state index contributed by atoms with van der Waals surface area (Å²) in [7, 11) is 0. The molecule has 1 aliphatic rings. The van der Waals surface area contributed by atoms with Crippen LogP contribution in [-0.4, -0.2) is 28.1 Å². The third-order valence-corrected chi connectivity index (χ3v) is 3.32. The van der Waals surface area contributed by atoms with Crippen LogP contribution in [0.3, 0.4) is 0 Å². The minimum Gasteiger partial charge on any atom is -0.481 e. The van der Waals surface area contributed by atoms with Crippen molar-refractivity contribution in [3.63, 3.8) is 0 Å². The molecule has 1 aliphatic carbocycles. The highest BCUT2D eigenvalue weighted by Crippen LogP contribution is 2.20. The van der Waals surface area contributed by atoms with E-state index in [9.17, 15) is 14.7 Å². The maximum absolute atomic E-state index is 11.4.